The van der Waals surface area contributed by atoms with Gasteiger partial charge in [0.05, 0.1) is 12.8 Å². The summed E-state index contributed by atoms with van der Waals surface area (Å²) in [6.45, 7) is 6.52. The first-order chi connectivity index (χ1) is 10.4. The van der Waals surface area contributed by atoms with Crippen molar-refractivity contribution >= 4 is 5.65 Å². The maximum Gasteiger partial charge on any atom is 0.180 e. The Morgan fingerprint density at radius 2 is 1.95 bits per heavy atom. The van der Waals surface area contributed by atoms with Crippen molar-refractivity contribution in [3.8, 4) is 22.8 Å². The Kier molecular flexibility index (Phi) is 3.32. The van der Waals surface area contributed by atoms with E-state index in [0.29, 0.717) is 5.65 Å². The van der Waals surface area contributed by atoms with Crippen molar-refractivity contribution in [1.29, 1.82) is 0 Å². The van der Waals surface area contributed by atoms with Crippen molar-refractivity contribution in [2.24, 2.45) is 0 Å². The number of hydrogen-bond acceptors (Lipinski definition) is 3. The van der Waals surface area contributed by atoms with Crippen LogP contribution in [0.2, 0.25) is 0 Å². The van der Waals surface area contributed by atoms with Gasteiger partial charge >= 0.3 is 0 Å². The minimum Gasteiger partial charge on any atom is -0.504 e. The van der Waals surface area contributed by atoms with E-state index in [9.17, 15) is 5.11 Å². The Balaban J connectivity index is 2.22. The Hall–Kier alpha value is -2.49. The molecular formula is C18H20N2O2. The molecule has 0 amide bonds. The number of methoxy groups -OCH3 is 1. The monoisotopic (exact) mass is 296 g/mol. The van der Waals surface area contributed by atoms with Gasteiger partial charge in [-0.2, -0.15) is 0 Å². The zero-order chi connectivity index (χ0) is 15.9. The third-order valence-corrected chi connectivity index (χ3v) is 3.80. The Morgan fingerprint density at radius 1 is 1.18 bits per heavy atom. The molecule has 0 atom stereocenters. The average Bonchev–Trinajstić information content (AvgIpc) is 2.91. The van der Waals surface area contributed by atoms with E-state index in [-0.39, 0.29) is 11.2 Å². The maximum atomic E-state index is 9.93. The summed E-state index contributed by atoms with van der Waals surface area (Å²) in [6, 6.07) is 9.58. The standard InChI is InChI=1S/C18H20N2O2/c1-18(2,3)12-7-8-16(22-4)13(10-12)14-11-20-9-5-6-15(21)17(20)19-14/h5-11,21H,1-4H3. The predicted octanol–water partition coefficient (Wildman–Crippen LogP) is 4.01. The largest absolute Gasteiger partial charge is 0.504 e. The second-order valence-corrected chi connectivity index (χ2v) is 6.42. The van der Waals surface area contributed by atoms with Gasteiger partial charge in [0.2, 0.25) is 0 Å². The van der Waals surface area contributed by atoms with Gasteiger partial charge in [-0.3, -0.25) is 0 Å². The van der Waals surface area contributed by atoms with Crippen LogP contribution < -0.4 is 4.74 Å². The normalized spacial score (nSPS) is 11.8. The minimum atomic E-state index is 0.0440. The molecule has 0 bridgehead atoms. The highest BCUT2D eigenvalue weighted by Crippen LogP contribution is 2.35. The van der Waals surface area contributed by atoms with Crippen molar-refractivity contribution in [2.45, 2.75) is 26.2 Å². The fourth-order valence-electron chi connectivity index (χ4n) is 2.50. The van der Waals surface area contributed by atoms with Gasteiger partial charge in [0.25, 0.3) is 0 Å². The molecule has 114 valence electrons. The van der Waals surface area contributed by atoms with E-state index in [1.807, 2.05) is 22.9 Å². The quantitative estimate of drug-likeness (QED) is 0.777. The van der Waals surface area contributed by atoms with Crippen molar-refractivity contribution < 1.29 is 9.84 Å². The molecule has 0 unspecified atom stereocenters. The highest BCUT2D eigenvalue weighted by atomic mass is 16.5. The summed E-state index contributed by atoms with van der Waals surface area (Å²) >= 11 is 0. The lowest BCUT2D eigenvalue weighted by Crippen LogP contribution is -2.11. The lowest BCUT2D eigenvalue weighted by atomic mass is 9.86. The number of fused-ring (bicyclic) bond motifs is 1. The first-order valence-corrected chi connectivity index (χ1v) is 7.26. The molecular weight excluding hydrogens is 276 g/mol. The van der Waals surface area contributed by atoms with E-state index >= 15 is 0 Å². The summed E-state index contributed by atoms with van der Waals surface area (Å²) in [5.41, 5.74) is 3.51. The summed E-state index contributed by atoms with van der Waals surface area (Å²) in [5, 5.41) is 9.93. The molecule has 2 heterocycles. The van der Waals surface area contributed by atoms with E-state index in [1.165, 1.54) is 5.56 Å². The van der Waals surface area contributed by atoms with Gasteiger partial charge in [-0.1, -0.05) is 26.8 Å². The molecule has 0 saturated heterocycles. The molecule has 2 aromatic heterocycles. The number of benzene rings is 1. The van der Waals surface area contributed by atoms with Crippen LogP contribution in [0.4, 0.5) is 0 Å². The Morgan fingerprint density at radius 3 is 2.59 bits per heavy atom. The van der Waals surface area contributed by atoms with Crippen molar-refractivity contribution in [3.05, 3.63) is 48.3 Å². The fourth-order valence-corrected chi connectivity index (χ4v) is 2.50. The molecule has 0 aliphatic rings. The van der Waals surface area contributed by atoms with Crippen LogP contribution >= 0.6 is 0 Å². The predicted molar refractivity (Wildman–Crippen MR) is 87.5 cm³/mol. The number of pyridine rings is 1. The van der Waals surface area contributed by atoms with Gasteiger partial charge in [-0.15, -0.1) is 0 Å². The van der Waals surface area contributed by atoms with Crippen LogP contribution in [-0.4, -0.2) is 21.6 Å². The van der Waals surface area contributed by atoms with E-state index in [2.05, 4.69) is 37.9 Å². The van der Waals surface area contributed by atoms with Crippen LogP contribution in [0.15, 0.2) is 42.7 Å². The summed E-state index contributed by atoms with van der Waals surface area (Å²) in [4.78, 5) is 4.55. The minimum absolute atomic E-state index is 0.0440. The van der Waals surface area contributed by atoms with Crippen LogP contribution in [0.1, 0.15) is 26.3 Å². The van der Waals surface area contributed by atoms with Crippen LogP contribution in [0.25, 0.3) is 16.9 Å². The Labute approximate surface area is 130 Å². The molecule has 22 heavy (non-hydrogen) atoms. The molecule has 0 radical (unpaired) electrons. The molecule has 0 aliphatic carbocycles. The topological polar surface area (TPSA) is 46.8 Å². The molecule has 0 spiro atoms. The summed E-state index contributed by atoms with van der Waals surface area (Å²) in [5.74, 6) is 0.940. The van der Waals surface area contributed by atoms with E-state index < -0.39 is 0 Å². The van der Waals surface area contributed by atoms with E-state index in [1.54, 1.807) is 19.2 Å². The third-order valence-electron chi connectivity index (χ3n) is 3.80. The van der Waals surface area contributed by atoms with Crippen LogP contribution in [0, 0.1) is 0 Å². The second kappa shape index (κ2) is 5.05. The highest BCUT2D eigenvalue weighted by Gasteiger charge is 2.18. The Bertz CT molecular complexity index is 829. The fraction of sp³-hybridized carbons (Fsp3) is 0.278. The van der Waals surface area contributed by atoms with E-state index in [0.717, 1.165) is 17.0 Å². The van der Waals surface area contributed by atoms with Gasteiger partial charge in [0.15, 0.2) is 11.4 Å². The molecule has 0 saturated carbocycles. The van der Waals surface area contributed by atoms with Crippen LogP contribution in [-0.2, 0) is 5.41 Å². The van der Waals surface area contributed by atoms with E-state index in [4.69, 9.17) is 4.74 Å². The first kappa shape index (κ1) is 14.4. The number of rotatable bonds is 2. The zero-order valence-electron chi connectivity index (χ0n) is 13.3. The summed E-state index contributed by atoms with van der Waals surface area (Å²) in [7, 11) is 1.66. The lowest BCUT2D eigenvalue weighted by Gasteiger charge is -2.20. The number of imidazole rings is 1. The van der Waals surface area contributed by atoms with Crippen molar-refractivity contribution in [2.75, 3.05) is 7.11 Å². The van der Waals surface area contributed by atoms with Gasteiger partial charge in [0, 0.05) is 18.0 Å². The van der Waals surface area contributed by atoms with Gasteiger partial charge in [-0.05, 0) is 35.2 Å². The molecule has 0 aliphatic heterocycles. The molecule has 3 aromatic rings. The molecule has 0 fully saturated rings. The molecule has 1 aromatic carbocycles. The van der Waals surface area contributed by atoms with Gasteiger partial charge in [-0.25, -0.2) is 4.98 Å². The van der Waals surface area contributed by atoms with Crippen molar-refractivity contribution in [1.82, 2.24) is 9.38 Å². The zero-order valence-corrected chi connectivity index (χ0v) is 13.3. The number of nitrogens with zero attached hydrogens (tertiary/aromatic N) is 2. The molecule has 3 rings (SSSR count). The maximum absolute atomic E-state index is 9.93. The number of hydrogen-bond donors (Lipinski definition) is 1. The highest BCUT2D eigenvalue weighted by molar-refractivity contribution is 5.71. The smallest absolute Gasteiger partial charge is 0.180 e. The SMILES string of the molecule is COc1ccc(C(C)(C)C)cc1-c1cn2cccc(O)c2n1. The average molecular weight is 296 g/mol. The lowest BCUT2D eigenvalue weighted by molar-refractivity contribution is 0.415. The van der Waals surface area contributed by atoms with Gasteiger partial charge in [0.1, 0.15) is 5.75 Å². The second-order valence-electron chi connectivity index (χ2n) is 6.42. The third kappa shape index (κ3) is 2.41. The first-order valence-electron chi connectivity index (χ1n) is 7.26. The van der Waals surface area contributed by atoms with Crippen molar-refractivity contribution in [3.63, 3.8) is 0 Å². The van der Waals surface area contributed by atoms with Gasteiger partial charge < -0.3 is 14.2 Å². The van der Waals surface area contributed by atoms with Crippen LogP contribution in [0.5, 0.6) is 11.5 Å². The number of aromatic hydroxyl groups is 1. The number of aromatic nitrogens is 2. The summed E-state index contributed by atoms with van der Waals surface area (Å²) in [6.07, 6.45) is 3.77. The number of ether oxygens (including phenoxy) is 1. The van der Waals surface area contributed by atoms with Crippen LogP contribution in [0.3, 0.4) is 0 Å². The molecule has 4 nitrogen and oxygen atoms in total. The summed E-state index contributed by atoms with van der Waals surface area (Å²) < 4.78 is 7.30. The molecule has 1 N–H and O–H groups in total. The molecule has 4 heteroatoms.